The number of aromatic nitrogens is 1. The van der Waals surface area contributed by atoms with E-state index in [2.05, 4.69) is 76.6 Å². The maximum absolute atomic E-state index is 5.63. The maximum Gasteiger partial charge on any atom is 0.191 e. The number of hydrogen-bond donors (Lipinski definition) is 2. The molecule has 0 amide bonds. The van der Waals surface area contributed by atoms with Crippen molar-refractivity contribution in [3.05, 3.63) is 59.8 Å². The number of pyridine rings is 1. The standard InChI is InChI=1S/C23H33N5O.HI/c1-18-16-28(12-13-29-18)21-14-19(10-11-25-21)15-26-22(24-4)27-17-23(2,3)20-8-6-5-7-9-20;/h5-11,14,18H,12-13,15-17H2,1-4H3,(H2,24,26,27);1H. The van der Waals surface area contributed by atoms with Gasteiger partial charge in [-0.25, -0.2) is 4.98 Å². The van der Waals surface area contributed by atoms with Crippen molar-refractivity contribution in [2.24, 2.45) is 4.99 Å². The van der Waals surface area contributed by atoms with Crippen LogP contribution in [0.4, 0.5) is 5.82 Å². The minimum atomic E-state index is 0. The molecular weight excluding hydrogens is 489 g/mol. The number of benzene rings is 1. The lowest BCUT2D eigenvalue weighted by atomic mass is 9.85. The number of morpholine rings is 1. The van der Waals surface area contributed by atoms with Gasteiger partial charge in [-0.05, 0) is 30.2 Å². The summed E-state index contributed by atoms with van der Waals surface area (Å²) in [5.74, 6) is 1.81. The predicted octanol–water partition coefficient (Wildman–Crippen LogP) is 3.57. The van der Waals surface area contributed by atoms with Crippen LogP contribution in [0.25, 0.3) is 0 Å². The van der Waals surface area contributed by atoms with Crippen molar-refractivity contribution in [2.45, 2.75) is 38.8 Å². The van der Waals surface area contributed by atoms with E-state index >= 15 is 0 Å². The Morgan fingerprint density at radius 1 is 1.23 bits per heavy atom. The summed E-state index contributed by atoms with van der Waals surface area (Å²) < 4.78 is 5.63. The second-order valence-corrected chi connectivity index (χ2v) is 8.18. The Bertz CT molecular complexity index is 812. The van der Waals surface area contributed by atoms with E-state index < -0.39 is 0 Å². The molecule has 1 aliphatic rings. The third kappa shape index (κ3) is 6.84. The van der Waals surface area contributed by atoms with Crippen LogP contribution in [0, 0.1) is 0 Å². The molecule has 0 spiro atoms. The highest BCUT2D eigenvalue weighted by atomic mass is 127. The van der Waals surface area contributed by atoms with E-state index in [-0.39, 0.29) is 35.5 Å². The molecular formula is C23H34IN5O. The van der Waals surface area contributed by atoms with Gasteiger partial charge in [-0.15, -0.1) is 24.0 Å². The van der Waals surface area contributed by atoms with E-state index in [1.54, 1.807) is 7.05 Å². The van der Waals surface area contributed by atoms with Gasteiger partial charge >= 0.3 is 0 Å². The lowest BCUT2D eigenvalue weighted by Crippen LogP contribution is -2.43. The molecule has 7 heteroatoms. The highest BCUT2D eigenvalue weighted by Crippen LogP contribution is 2.21. The van der Waals surface area contributed by atoms with Crippen LogP contribution in [0.1, 0.15) is 31.9 Å². The Kier molecular flexibility index (Phi) is 9.36. The topological polar surface area (TPSA) is 61.8 Å². The average Bonchev–Trinajstić information content (AvgIpc) is 2.75. The molecule has 2 heterocycles. The quantitative estimate of drug-likeness (QED) is 0.345. The summed E-state index contributed by atoms with van der Waals surface area (Å²) in [6.45, 7) is 10.6. The van der Waals surface area contributed by atoms with Crippen LogP contribution in [-0.4, -0.2) is 50.3 Å². The van der Waals surface area contributed by atoms with Gasteiger partial charge < -0.3 is 20.3 Å². The molecule has 2 N–H and O–H groups in total. The molecule has 164 valence electrons. The number of hydrogen-bond acceptors (Lipinski definition) is 4. The number of anilines is 1. The van der Waals surface area contributed by atoms with Gasteiger partial charge in [0.2, 0.25) is 0 Å². The zero-order valence-corrected chi connectivity index (χ0v) is 20.7. The Labute approximate surface area is 197 Å². The predicted molar refractivity (Wildman–Crippen MR) is 135 cm³/mol. The van der Waals surface area contributed by atoms with Crippen LogP contribution in [0.2, 0.25) is 0 Å². The molecule has 3 rings (SSSR count). The highest BCUT2D eigenvalue weighted by Gasteiger charge is 2.21. The molecule has 1 atom stereocenters. The Hall–Kier alpha value is -1.87. The van der Waals surface area contributed by atoms with Crippen LogP contribution in [-0.2, 0) is 16.7 Å². The lowest BCUT2D eigenvalue weighted by Gasteiger charge is -2.32. The average molecular weight is 523 g/mol. The number of rotatable bonds is 6. The fourth-order valence-electron chi connectivity index (χ4n) is 3.47. The molecule has 2 aromatic rings. The smallest absolute Gasteiger partial charge is 0.191 e. The number of nitrogens with zero attached hydrogens (tertiary/aromatic N) is 3. The zero-order valence-electron chi connectivity index (χ0n) is 18.4. The van der Waals surface area contributed by atoms with Crippen molar-refractivity contribution in [1.82, 2.24) is 15.6 Å². The second kappa shape index (κ2) is 11.5. The molecule has 1 saturated heterocycles. The minimum absolute atomic E-state index is 0. The molecule has 1 fully saturated rings. The van der Waals surface area contributed by atoms with Crippen molar-refractivity contribution < 1.29 is 4.74 Å². The van der Waals surface area contributed by atoms with Crippen LogP contribution in [0.3, 0.4) is 0 Å². The van der Waals surface area contributed by atoms with Gasteiger partial charge in [0, 0.05) is 44.8 Å². The van der Waals surface area contributed by atoms with Crippen molar-refractivity contribution in [2.75, 3.05) is 38.2 Å². The van der Waals surface area contributed by atoms with E-state index in [1.807, 2.05) is 18.3 Å². The Morgan fingerprint density at radius 2 is 2.00 bits per heavy atom. The van der Waals surface area contributed by atoms with Crippen LogP contribution >= 0.6 is 24.0 Å². The van der Waals surface area contributed by atoms with Crippen molar-refractivity contribution in [1.29, 1.82) is 0 Å². The largest absolute Gasteiger partial charge is 0.375 e. The molecule has 0 bridgehead atoms. The van der Waals surface area contributed by atoms with Gasteiger partial charge in [0.25, 0.3) is 0 Å². The third-order valence-electron chi connectivity index (χ3n) is 5.31. The van der Waals surface area contributed by atoms with Gasteiger partial charge in [0.1, 0.15) is 5.82 Å². The SMILES string of the molecule is CN=C(NCc1ccnc(N2CCOC(C)C2)c1)NCC(C)(C)c1ccccc1.I. The highest BCUT2D eigenvalue weighted by molar-refractivity contribution is 14.0. The first-order chi connectivity index (χ1) is 14.0. The lowest BCUT2D eigenvalue weighted by molar-refractivity contribution is 0.0529. The van der Waals surface area contributed by atoms with E-state index in [0.29, 0.717) is 6.54 Å². The van der Waals surface area contributed by atoms with Gasteiger partial charge in [0.05, 0.1) is 12.7 Å². The van der Waals surface area contributed by atoms with Crippen LogP contribution in [0.15, 0.2) is 53.7 Å². The first kappa shape index (κ1) is 24.4. The van der Waals surface area contributed by atoms with E-state index in [4.69, 9.17) is 4.74 Å². The number of ether oxygens (including phenoxy) is 1. The molecule has 6 nitrogen and oxygen atoms in total. The Balaban J connectivity index is 0.00000320. The minimum Gasteiger partial charge on any atom is -0.375 e. The number of guanidine groups is 1. The van der Waals surface area contributed by atoms with Crippen molar-refractivity contribution >= 4 is 35.8 Å². The first-order valence-corrected chi connectivity index (χ1v) is 10.3. The molecule has 30 heavy (non-hydrogen) atoms. The molecule has 1 aromatic carbocycles. The molecule has 1 aliphatic heterocycles. The molecule has 0 aliphatic carbocycles. The summed E-state index contributed by atoms with van der Waals surface area (Å²) in [7, 11) is 1.80. The molecule has 0 saturated carbocycles. The number of halogens is 1. The van der Waals surface area contributed by atoms with Gasteiger partial charge in [-0.2, -0.15) is 0 Å². The maximum atomic E-state index is 5.63. The second-order valence-electron chi connectivity index (χ2n) is 8.18. The summed E-state index contributed by atoms with van der Waals surface area (Å²) in [6.07, 6.45) is 2.12. The normalized spacial score (nSPS) is 17.3. The number of nitrogens with one attached hydrogen (secondary N) is 2. The van der Waals surface area contributed by atoms with Crippen LogP contribution < -0.4 is 15.5 Å². The summed E-state index contributed by atoms with van der Waals surface area (Å²) >= 11 is 0. The van der Waals surface area contributed by atoms with Crippen molar-refractivity contribution in [3.63, 3.8) is 0 Å². The third-order valence-corrected chi connectivity index (χ3v) is 5.31. The van der Waals surface area contributed by atoms with Crippen molar-refractivity contribution in [3.8, 4) is 0 Å². The van der Waals surface area contributed by atoms with Gasteiger partial charge in [0.15, 0.2) is 5.96 Å². The van der Waals surface area contributed by atoms with Gasteiger partial charge in [-0.3, -0.25) is 4.99 Å². The summed E-state index contributed by atoms with van der Waals surface area (Å²) in [6, 6.07) is 14.7. The fourth-order valence-corrected chi connectivity index (χ4v) is 3.47. The first-order valence-electron chi connectivity index (χ1n) is 10.3. The monoisotopic (exact) mass is 523 g/mol. The van der Waals surface area contributed by atoms with Gasteiger partial charge in [-0.1, -0.05) is 44.2 Å². The van der Waals surface area contributed by atoms with E-state index in [1.165, 1.54) is 11.1 Å². The van der Waals surface area contributed by atoms with E-state index in [9.17, 15) is 0 Å². The molecule has 0 radical (unpaired) electrons. The molecule has 1 unspecified atom stereocenters. The molecule has 1 aromatic heterocycles. The summed E-state index contributed by atoms with van der Waals surface area (Å²) in [4.78, 5) is 11.2. The van der Waals surface area contributed by atoms with E-state index in [0.717, 1.165) is 38.0 Å². The van der Waals surface area contributed by atoms with Crippen LogP contribution in [0.5, 0.6) is 0 Å². The summed E-state index contributed by atoms with van der Waals surface area (Å²) in [5, 5.41) is 6.88. The Morgan fingerprint density at radius 3 is 2.70 bits per heavy atom. The zero-order chi connectivity index (χ0) is 20.7. The summed E-state index contributed by atoms with van der Waals surface area (Å²) in [5.41, 5.74) is 2.50. The fraction of sp³-hybridized carbons (Fsp3) is 0.478. The number of aliphatic imine (C=N–C) groups is 1.